The maximum Gasteiger partial charge on any atom is 0.412 e. The summed E-state index contributed by atoms with van der Waals surface area (Å²) < 4.78 is 16.1. The van der Waals surface area contributed by atoms with Crippen LogP contribution in [0.15, 0.2) is 52.9 Å². The molecule has 6 heteroatoms. The summed E-state index contributed by atoms with van der Waals surface area (Å²) in [5.41, 5.74) is 1.53. The quantitative estimate of drug-likeness (QED) is 0.801. The third-order valence-corrected chi connectivity index (χ3v) is 2.94. The van der Waals surface area contributed by atoms with Gasteiger partial charge in [0.05, 0.1) is 0 Å². The molecule has 0 unspecified atom stereocenters. The van der Waals surface area contributed by atoms with Crippen molar-refractivity contribution < 1.29 is 18.7 Å². The molecule has 1 N–H and O–H groups in total. The van der Waals surface area contributed by atoms with Gasteiger partial charge in [0, 0.05) is 7.05 Å². The number of para-hydroxylation sites is 2. The van der Waals surface area contributed by atoms with E-state index < -0.39 is 6.09 Å². The van der Waals surface area contributed by atoms with Crippen LogP contribution >= 0.6 is 0 Å². The standard InChI is InChI=1S/C16H14N2O4/c1-17-16(19)21-12-8-6-11(7-9-12)20-10-15-18-13-4-2-3-5-14(13)22-15/h2-9H,10H2,1H3,(H,17,19). The van der Waals surface area contributed by atoms with Crippen molar-refractivity contribution in [2.75, 3.05) is 7.05 Å². The van der Waals surface area contributed by atoms with Gasteiger partial charge >= 0.3 is 6.09 Å². The molecule has 2 aromatic carbocycles. The molecule has 0 saturated carbocycles. The Labute approximate surface area is 126 Å². The van der Waals surface area contributed by atoms with Gasteiger partial charge in [-0.3, -0.25) is 0 Å². The number of rotatable bonds is 4. The highest BCUT2D eigenvalue weighted by molar-refractivity contribution is 5.72. The van der Waals surface area contributed by atoms with Gasteiger partial charge in [-0.1, -0.05) is 12.1 Å². The van der Waals surface area contributed by atoms with E-state index in [2.05, 4.69) is 10.3 Å². The maximum absolute atomic E-state index is 11.1. The summed E-state index contributed by atoms with van der Waals surface area (Å²) in [5.74, 6) is 1.58. The summed E-state index contributed by atoms with van der Waals surface area (Å²) in [6.45, 7) is 0.227. The molecule has 1 aromatic heterocycles. The summed E-state index contributed by atoms with van der Waals surface area (Å²) in [6, 6.07) is 14.3. The van der Waals surface area contributed by atoms with Crippen molar-refractivity contribution in [2.45, 2.75) is 6.61 Å². The second-order valence-electron chi connectivity index (χ2n) is 4.47. The molecule has 0 spiro atoms. The van der Waals surface area contributed by atoms with Gasteiger partial charge in [0.1, 0.15) is 17.0 Å². The molecule has 1 heterocycles. The molecule has 112 valence electrons. The first-order valence-corrected chi connectivity index (χ1v) is 6.71. The molecule has 0 fully saturated rings. The molecule has 0 bridgehead atoms. The Morgan fingerprint density at radius 2 is 1.86 bits per heavy atom. The van der Waals surface area contributed by atoms with Crippen LogP contribution in [0.3, 0.4) is 0 Å². The van der Waals surface area contributed by atoms with Gasteiger partial charge in [-0.25, -0.2) is 9.78 Å². The molecule has 0 atom stereocenters. The smallest absolute Gasteiger partial charge is 0.412 e. The molecule has 0 aliphatic rings. The van der Waals surface area contributed by atoms with Gasteiger partial charge in [-0.2, -0.15) is 0 Å². The van der Waals surface area contributed by atoms with Crippen LogP contribution in [0, 0.1) is 0 Å². The summed E-state index contributed by atoms with van der Waals surface area (Å²) in [6.07, 6.45) is -0.514. The van der Waals surface area contributed by atoms with Crippen LogP contribution in [-0.2, 0) is 6.61 Å². The van der Waals surface area contributed by atoms with Gasteiger partial charge in [0.2, 0.25) is 5.89 Å². The van der Waals surface area contributed by atoms with E-state index in [4.69, 9.17) is 13.9 Å². The van der Waals surface area contributed by atoms with Crippen LogP contribution in [0.2, 0.25) is 0 Å². The van der Waals surface area contributed by atoms with Gasteiger partial charge in [-0.05, 0) is 36.4 Å². The lowest BCUT2D eigenvalue weighted by molar-refractivity contribution is 0.203. The number of nitrogens with one attached hydrogen (secondary N) is 1. The molecular weight excluding hydrogens is 284 g/mol. The topological polar surface area (TPSA) is 73.6 Å². The molecule has 0 saturated heterocycles. The first-order chi connectivity index (χ1) is 10.7. The second kappa shape index (κ2) is 6.17. The van der Waals surface area contributed by atoms with Gasteiger partial charge in [0.25, 0.3) is 0 Å². The molecule has 0 radical (unpaired) electrons. The van der Waals surface area contributed by atoms with E-state index in [1.165, 1.54) is 7.05 Å². The molecule has 3 rings (SSSR count). The summed E-state index contributed by atoms with van der Waals surface area (Å²) in [7, 11) is 1.50. The zero-order valence-electron chi connectivity index (χ0n) is 11.9. The number of aromatic nitrogens is 1. The fourth-order valence-corrected chi connectivity index (χ4v) is 1.89. The Hall–Kier alpha value is -3.02. The van der Waals surface area contributed by atoms with E-state index in [1.54, 1.807) is 24.3 Å². The van der Waals surface area contributed by atoms with E-state index in [0.29, 0.717) is 17.4 Å². The lowest BCUT2D eigenvalue weighted by Gasteiger charge is -2.05. The first kappa shape index (κ1) is 13.9. The average molecular weight is 298 g/mol. The third kappa shape index (κ3) is 3.17. The molecular formula is C16H14N2O4. The highest BCUT2D eigenvalue weighted by Crippen LogP contribution is 2.20. The number of nitrogens with zero attached hydrogens (tertiary/aromatic N) is 1. The van der Waals surface area contributed by atoms with E-state index in [0.717, 1.165) is 11.1 Å². The Bertz CT molecular complexity index is 747. The van der Waals surface area contributed by atoms with Crippen molar-refractivity contribution in [3.63, 3.8) is 0 Å². The highest BCUT2D eigenvalue weighted by atomic mass is 16.6. The minimum Gasteiger partial charge on any atom is -0.484 e. The van der Waals surface area contributed by atoms with Crippen molar-refractivity contribution in [1.29, 1.82) is 0 Å². The maximum atomic E-state index is 11.1. The predicted molar refractivity (Wildman–Crippen MR) is 79.9 cm³/mol. The van der Waals surface area contributed by atoms with Crippen molar-refractivity contribution >= 4 is 17.2 Å². The monoisotopic (exact) mass is 298 g/mol. The van der Waals surface area contributed by atoms with Crippen molar-refractivity contribution in [3.05, 3.63) is 54.4 Å². The van der Waals surface area contributed by atoms with E-state index in [9.17, 15) is 4.79 Å². The number of ether oxygens (including phenoxy) is 2. The fraction of sp³-hybridized carbons (Fsp3) is 0.125. The van der Waals surface area contributed by atoms with Gasteiger partial charge in [0.15, 0.2) is 12.2 Å². The van der Waals surface area contributed by atoms with E-state index in [1.807, 2.05) is 24.3 Å². The zero-order valence-corrected chi connectivity index (χ0v) is 11.9. The van der Waals surface area contributed by atoms with Crippen LogP contribution in [0.4, 0.5) is 4.79 Å². The SMILES string of the molecule is CNC(=O)Oc1ccc(OCc2nc3ccccc3o2)cc1. The number of hydrogen-bond acceptors (Lipinski definition) is 5. The van der Waals surface area contributed by atoms with Gasteiger partial charge < -0.3 is 19.2 Å². The minimum atomic E-state index is -0.514. The molecule has 0 aliphatic carbocycles. The van der Waals surface area contributed by atoms with Crippen LogP contribution in [0.1, 0.15) is 5.89 Å². The Balaban J connectivity index is 1.62. The Kier molecular flexibility index (Phi) is 3.91. The Morgan fingerprint density at radius 1 is 1.14 bits per heavy atom. The minimum absolute atomic E-state index is 0.227. The largest absolute Gasteiger partial charge is 0.484 e. The average Bonchev–Trinajstić information content (AvgIpc) is 2.97. The number of amides is 1. The number of benzene rings is 2. The summed E-state index contributed by atoms with van der Waals surface area (Å²) in [5, 5.41) is 2.37. The van der Waals surface area contributed by atoms with E-state index >= 15 is 0 Å². The molecule has 1 amide bonds. The Morgan fingerprint density at radius 3 is 2.59 bits per heavy atom. The predicted octanol–water partition coefficient (Wildman–Crippen LogP) is 3.13. The van der Waals surface area contributed by atoms with Crippen LogP contribution in [-0.4, -0.2) is 18.1 Å². The number of hydrogen-bond donors (Lipinski definition) is 1. The van der Waals surface area contributed by atoms with Crippen LogP contribution in [0.5, 0.6) is 11.5 Å². The number of carbonyl (C=O) groups is 1. The number of carbonyl (C=O) groups excluding carboxylic acids is 1. The van der Waals surface area contributed by atoms with Crippen molar-refractivity contribution in [3.8, 4) is 11.5 Å². The normalized spacial score (nSPS) is 10.4. The molecule has 3 aromatic rings. The van der Waals surface area contributed by atoms with Crippen molar-refractivity contribution in [2.24, 2.45) is 0 Å². The highest BCUT2D eigenvalue weighted by Gasteiger charge is 2.06. The molecule has 22 heavy (non-hydrogen) atoms. The summed E-state index contributed by atoms with van der Waals surface area (Å²) in [4.78, 5) is 15.4. The number of oxazole rings is 1. The van der Waals surface area contributed by atoms with Crippen LogP contribution in [0.25, 0.3) is 11.1 Å². The van der Waals surface area contributed by atoms with E-state index in [-0.39, 0.29) is 6.61 Å². The zero-order chi connectivity index (χ0) is 15.4. The summed E-state index contributed by atoms with van der Waals surface area (Å²) >= 11 is 0. The second-order valence-corrected chi connectivity index (χ2v) is 4.47. The molecule has 6 nitrogen and oxygen atoms in total. The van der Waals surface area contributed by atoms with Gasteiger partial charge in [-0.15, -0.1) is 0 Å². The fourth-order valence-electron chi connectivity index (χ4n) is 1.89. The number of fused-ring (bicyclic) bond motifs is 1. The van der Waals surface area contributed by atoms with Crippen molar-refractivity contribution in [1.82, 2.24) is 10.3 Å². The van der Waals surface area contributed by atoms with Crippen LogP contribution < -0.4 is 14.8 Å². The first-order valence-electron chi connectivity index (χ1n) is 6.71. The third-order valence-electron chi connectivity index (χ3n) is 2.94. The lowest BCUT2D eigenvalue weighted by atomic mass is 10.3. The lowest BCUT2D eigenvalue weighted by Crippen LogP contribution is -2.21. The molecule has 0 aliphatic heterocycles.